The fraction of sp³-hybridized carbons (Fsp3) is 0.222. The van der Waals surface area contributed by atoms with E-state index in [2.05, 4.69) is 42.0 Å². The number of fused-ring (bicyclic) bond motifs is 1. The lowest BCUT2D eigenvalue weighted by atomic mass is 9.96. The highest BCUT2D eigenvalue weighted by atomic mass is 16.1. The van der Waals surface area contributed by atoms with Crippen LogP contribution in [0.3, 0.4) is 0 Å². The monoisotopic (exact) mass is 278 g/mol. The quantitative estimate of drug-likeness (QED) is 0.711. The highest BCUT2D eigenvalue weighted by molar-refractivity contribution is 6.04. The van der Waals surface area contributed by atoms with Gasteiger partial charge in [0.15, 0.2) is 6.29 Å². The van der Waals surface area contributed by atoms with E-state index in [0.29, 0.717) is 11.5 Å². The molecule has 2 aromatic heterocycles. The van der Waals surface area contributed by atoms with Crippen LogP contribution in [0.25, 0.3) is 22.3 Å². The van der Waals surface area contributed by atoms with E-state index in [4.69, 9.17) is 0 Å². The van der Waals surface area contributed by atoms with Gasteiger partial charge in [0.1, 0.15) is 0 Å². The lowest BCUT2D eigenvalue weighted by molar-refractivity contribution is 0.112. The number of nitrogens with zero attached hydrogens (tertiary/aromatic N) is 1. The molecule has 2 heterocycles. The molecule has 106 valence electrons. The van der Waals surface area contributed by atoms with Gasteiger partial charge in [-0.3, -0.25) is 9.78 Å². The predicted octanol–water partition coefficient (Wildman–Crippen LogP) is 4.56. The van der Waals surface area contributed by atoms with Gasteiger partial charge in [-0.25, -0.2) is 0 Å². The van der Waals surface area contributed by atoms with Gasteiger partial charge >= 0.3 is 0 Å². The minimum absolute atomic E-state index is 0.488. The number of hydrogen-bond acceptors (Lipinski definition) is 2. The van der Waals surface area contributed by atoms with Crippen LogP contribution >= 0.6 is 0 Å². The van der Waals surface area contributed by atoms with Crippen LogP contribution in [0.15, 0.2) is 42.6 Å². The molecule has 3 nitrogen and oxygen atoms in total. The van der Waals surface area contributed by atoms with E-state index < -0.39 is 0 Å². The summed E-state index contributed by atoms with van der Waals surface area (Å²) >= 11 is 0. The molecule has 3 heteroatoms. The Bertz CT molecular complexity index is 775. The Labute approximate surface area is 124 Å². The summed E-state index contributed by atoms with van der Waals surface area (Å²) in [7, 11) is 0. The number of nitrogens with one attached hydrogen (secondary N) is 1. The Morgan fingerprint density at radius 3 is 2.81 bits per heavy atom. The Balaban J connectivity index is 2.22. The third-order valence-corrected chi connectivity index (χ3v) is 4.08. The summed E-state index contributed by atoms with van der Waals surface area (Å²) in [5.41, 5.74) is 4.51. The zero-order valence-electron chi connectivity index (χ0n) is 12.3. The third kappa shape index (κ3) is 2.35. The summed E-state index contributed by atoms with van der Waals surface area (Å²) in [6.07, 6.45) is 3.74. The fourth-order valence-corrected chi connectivity index (χ4v) is 2.61. The van der Waals surface area contributed by atoms with Crippen molar-refractivity contribution in [3.05, 3.63) is 53.7 Å². The first-order chi connectivity index (χ1) is 10.2. The smallest absolute Gasteiger partial charge is 0.152 e. The van der Waals surface area contributed by atoms with Crippen molar-refractivity contribution in [2.24, 2.45) is 0 Å². The van der Waals surface area contributed by atoms with E-state index in [-0.39, 0.29) is 0 Å². The van der Waals surface area contributed by atoms with Gasteiger partial charge in [0.05, 0.1) is 11.4 Å². The summed E-state index contributed by atoms with van der Waals surface area (Å²) in [5, 5.41) is 0.975. The van der Waals surface area contributed by atoms with Crippen molar-refractivity contribution in [1.29, 1.82) is 0 Å². The van der Waals surface area contributed by atoms with E-state index in [9.17, 15) is 4.79 Å². The summed E-state index contributed by atoms with van der Waals surface area (Å²) in [6.45, 7) is 4.38. The van der Waals surface area contributed by atoms with Crippen molar-refractivity contribution in [2.45, 2.75) is 26.2 Å². The second-order valence-electron chi connectivity index (χ2n) is 5.36. The number of benzene rings is 1. The Kier molecular flexibility index (Phi) is 3.57. The van der Waals surface area contributed by atoms with Crippen molar-refractivity contribution < 1.29 is 4.79 Å². The van der Waals surface area contributed by atoms with E-state index in [0.717, 1.165) is 35.0 Å². The molecule has 0 amide bonds. The number of hydrogen-bond donors (Lipinski definition) is 1. The molecule has 1 aromatic carbocycles. The lowest BCUT2D eigenvalue weighted by Crippen LogP contribution is -1.91. The molecule has 0 saturated carbocycles. The van der Waals surface area contributed by atoms with Gasteiger partial charge in [0.25, 0.3) is 0 Å². The van der Waals surface area contributed by atoms with E-state index in [1.165, 1.54) is 5.56 Å². The summed E-state index contributed by atoms with van der Waals surface area (Å²) in [4.78, 5) is 19.2. The minimum Gasteiger partial charge on any atom is -0.353 e. The van der Waals surface area contributed by atoms with Crippen LogP contribution in [-0.4, -0.2) is 16.3 Å². The molecule has 1 atom stereocenters. The normalized spacial score (nSPS) is 12.5. The molecule has 0 fully saturated rings. The van der Waals surface area contributed by atoms with Crippen molar-refractivity contribution in [2.75, 3.05) is 0 Å². The Hall–Kier alpha value is -2.42. The zero-order chi connectivity index (χ0) is 14.8. The molecule has 0 spiro atoms. The van der Waals surface area contributed by atoms with E-state index >= 15 is 0 Å². The highest BCUT2D eigenvalue weighted by Gasteiger charge is 2.14. The van der Waals surface area contributed by atoms with Crippen LogP contribution in [0.2, 0.25) is 0 Å². The van der Waals surface area contributed by atoms with E-state index in [1.54, 1.807) is 6.20 Å². The number of H-pyrrole nitrogens is 1. The predicted molar refractivity (Wildman–Crippen MR) is 85.6 cm³/mol. The van der Waals surface area contributed by atoms with Gasteiger partial charge in [-0.15, -0.1) is 0 Å². The molecule has 0 bridgehead atoms. The fourth-order valence-electron chi connectivity index (χ4n) is 2.61. The first-order valence-corrected chi connectivity index (χ1v) is 7.26. The second-order valence-corrected chi connectivity index (χ2v) is 5.36. The molecular formula is C18H18N2O. The van der Waals surface area contributed by atoms with Crippen LogP contribution in [0.4, 0.5) is 0 Å². The van der Waals surface area contributed by atoms with Crippen molar-refractivity contribution in [1.82, 2.24) is 9.97 Å². The van der Waals surface area contributed by atoms with E-state index in [1.807, 2.05) is 18.2 Å². The molecule has 0 aliphatic carbocycles. The van der Waals surface area contributed by atoms with Gasteiger partial charge in [0.2, 0.25) is 0 Å². The molecule has 3 rings (SSSR count). The maximum atomic E-state index is 11.6. The number of pyridine rings is 1. The number of aromatic nitrogens is 2. The van der Waals surface area contributed by atoms with Crippen LogP contribution in [0.1, 0.15) is 42.1 Å². The number of aromatic amines is 1. The summed E-state index contributed by atoms with van der Waals surface area (Å²) in [5.74, 6) is 0.488. The molecule has 0 saturated heterocycles. The SMILES string of the molecule is CCC(C)c1ccc2[nH]c(-c3ccccn3)c(C=O)c2c1. The number of aldehydes is 1. The van der Waals surface area contributed by atoms with Gasteiger partial charge in [-0.05, 0) is 42.2 Å². The molecule has 1 unspecified atom stereocenters. The van der Waals surface area contributed by atoms with Crippen LogP contribution in [0.5, 0.6) is 0 Å². The average Bonchev–Trinajstić information content (AvgIpc) is 2.92. The Morgan fingerprint density at radius 1 is 1.29 bits per heavy atom. The average molecular weight is 278 g/mol. The van der Waals surface area contributed by atoms with Crippen molar-refractivity contribution >= 4 is 17.2 Å². The molecule has 0 aliphatic heterocycles. The largest absolute Gasteiger partial charge is 0.353 e. The van der Waals surface area contributed by atoms with Crippen LogP contribution in [-0.2, 0) is 0 Å². The van der Waals surface area contributed by atoms with Gasteiger partial charge in [-0.2, -0.15) is 0 Å². The van der Waals surface area contributed by atoms with Crippen molar-refractivity contribution in [3.63, 3.8) is 0 Å². The third-order valence-electron chi connectivity index (χ3n) is 4.08. The standard InChI is InChI=1S/C18H18N2O/c1-3-12(2)13-7-8-16-14(10-13)15(11-21)18(20-16)17-6-4-5-9-19-17/h4-12,20H,3H2,1-2H3. The summed E-state index contributed by atoms with van der Waals surface area (Å²) in [6, 6.07) is 12.0. The second kappa shape index (κ2) is 5.52. The molecule has 3 aromatic rings. The van der Waals surface area contributed by atoms with Gasteiger partial charge in [0, 0.05) is 22.7 Å². The topological polar surface area (TPSA) is 45.8 Å². The van der Waals surface area contributed by atoms with Gasteiger partial charge in [-0.1, -0.05) is 26.0 Å². The zero-order valence-corrected chi connectivity index (χ0v) is 12.3. The lowest BCUT2D eigenvalue weighted by Gasteiger charge is -2.08. The van der Waals surface area contributed by atoms with Gasteiger partial charge < -0.3 is 4.98 Å². The number of carbonyl (C=O) groups is 1. The van der Waals surface area contributed by atoms with Crippen LogP contribution in [0, 0.1) is 0 Å². The number of rotatable bonds is 4. The maximum Gasteiger partial charge on any atom is 0.152 e. The molecule has 21 heavy (non-hydrogen) atoms. The number of carbonyl (C=O) groups excluding carboxylic acids is 1. The Morgan fingerprint density at radius 2 is 2.14 bits per heavy atom. The first kappa shape index (κ1) is 13.6. The summed E-state index contributed by atoms with van der Waals surface area (Å²) < 4.78 is 0. The van der Waals surface area contributed by atoms with Crippen LogP contribution < -0.4 is 0 Å². The minimum atomic E-state index is 0.488. The highest BCUT2D eigenvalue weighted by Crippen LogP contribution is 2.30. The first-order valence-electron chi connectivity index (χ1n) is 7.26. The van der Waals surface area contributed by atoms with Crippen molar-refractivity contribution in [3.8, 4) is 11.4 Å². The molecular weight excluding hydrogens is 260 g/mol. The molecule has 0 aliphatic rings. The molecule has 1 N–H and O–H groups in total. The molecule has 0 radical (unpaired) electrons. The maximum absolute atomic E-state index is 11.6.